The van der Waals surface area contributed by atoms with Gasteiger partial charge in [0.25, 0.3) is 0 Å². The monoisotopic (exact) mass is 404 g/mol. The first-order chi connectivity index (χ1) is 13.6. The third-order valence-corrected chi connectivity index (χ3v) is 11.4. The third kappa shape index (κ3) is 3.34. The Morgan fingerprint density at radius 2 is 1.55 bits per heavy atom. The van der Waals surface area contributed by atoms with Crippen LogP contribution in [0.5, 0.6) is 0 Å². The maximum Gasteiger partial charge on any atom is 0.0648 e. The fourth-order valence-corrected chi connectivity index (χ4v) is 9.39. The summed E-state index contributed by atoms with van der Waals surface area (Å²) in [7, 11) is 0. The van der Waals surface area contributed by atoms with Gasteiger partial charge in [-0.05, 0) is 116 Å². The Kier molecular flexibility index (Phi) is 5.73. The molecule has 4 saturated carbocycles. The van der Waals surface area contributed by atoms with E-state index in [0.717, 1.165) is 42.9 Å². The van der Waals surface area contributed by atoms with Crippen molar-refractivity contribution in [2.24, 2.45) is 52.3 Å². The lowest BCUT2D eigenvalue weighted by molar-refractivity contribution is -0.154. The first-order valence-corrected chi connectivity index (χ1v) is 13.0. The van der Waals surface area contributed by atoms with E-state index >= 15 is 0 Å². The van der Waals surface area contributed by atoms with E-state index in [0.29, 0.717) is 28.6 Å². The van der Waals surface area contributed by atoms with Crippen molar-refractivity contribution in [2.45, 2.75) is 117 Å². The first-order valence-electron chi connectivity index (χ1n) is 13.0. The van der Waals surface area contributed by atoms with Gasteiger partial charge in [0.1, 0.15) is 0 Å². The van der Waals surface area contributed by atoms with Crippen molar-refractivity contribution in [1.82, 2.24) is 0 Å². The molecule has 2 N–H and O–H groups in total. The Morgan fingerprint density at radius 3 is 2.21 bits per heavy atom. The molecule has 0 aromatic rings. The third-order valence-electron chi connectivity index (χ3n) is 11.4. The summed E-state index contributed by atoms with van der Waals surface area (Å²) in [6, 6.07) is 0. The van der Waals surface area contributed by atoms with E-state index < -0.39 is 0 Å². The molecule has 2 unspecified atom stereocenters. The van der Waals surface area contributed by atoms with Gasteiger partial charge < -0.3 is 10.2 Å². The normalized spacial score (nSPS) is 51.8. The van der Waals surface area contributed by atoms with E-state index in [1.807, 2.05) is 0 Å². The molecule has 168 valence electrons. The molecule has 0 spiro atoms. The molecule has 4 fully saturated rings. The number of rotatable bonds is 4. The van der Waals surface area contributed by atoms with Crippen LogP contribution in [0.15, 0.2) is 0 Å². The molecule has 0 bridgehead atoms. The quantitative estimate of drug-likeness (QED) is 0.566. The van der Waals surface area contributed by atoms with Gasteiger partial charge >= 0.3 is 0 Å². The van der Waals surface area contributed by atoms with Crippen molar-refractivity contribution in [1.29, 1.82) is 0 Å². The summed E-state index contributed by atoms with van der Waals surface area (Å²) in [6.07, 6.45) is 12.2. The van der Waals surface area contributed by atoms with E-state index in [4.69, 9.17) is 0 Å². The zero-order valence-electron chi connectivity index (χ0n) is 20.1. The van der Waals surface area contributed by atoms with Gasteiger partial charge in [0.15, 0.2) is 0 Å². The summed E-state index contributed by atoms with van der Waals surface area (Å²) in [5.41, 5.74) is 0.492. The van der Waals surface area contributed by atoms with E-state index in [1.165, 1.54) is 44.9 Å². The topological polar surface area (TPSA) is 40.5 Å². The maximum absolute atomic E-state index is 11.0. The van der Waals surface area contributed by atoms with Crippen molar-refractivity contribution in [3.8, 4) is 0 Å². The Bertz CT molecular complexity index is 601. The van der Waals surface area contributed by atoms with Gasteiger partial charge in [-0.25, -0.2) is 0 Å². The van der Waals surface area contributed by atoms with Crippen molar-refractivity contribution in [3.63, 3.8) is 0 Å². The number of hydrogen-bond acceptors (Lipinski definition) is 2. The van der Waals surface area contributed by atoms with Crippen molar-refractivity contribution >= 4 is 0 Å². The van der Waals surface area contributed by atoms with E-state index in [1.54, 1.807) is 0 Å². The van der Waals surface area contributed by atoms with Crippen LogP contribution in [-0.2, 0) is 0 Å². The highest BCUT2D eigenvalue weighted by molar-refractivity contribution is 5.11. The Morgan fingerprint density at radius 1 is 0.862 bits per heavy atom. The highest BCUT2D eigenvalue weighted by atomic mass is 16.3. The summed E-state index contributed by atoms with van der Waals surface area (Å²) >= 11 is 0. The second kappa shape index (κ2) is 7.51. The minimum absolute atomic E-state index is 0.161. The summed E-state index contributed by atoms with van der Waals surface area (Å²) in [6.45, 7) is 14.1. The van der Waals surface area contributed by atoms with E-state index in [9.17, 15) is 10.2 Å². The van der Waals surface area contributed by atoms with Crippen LogP contribution in [0.1, 0.15) is 106 Å². The molecule has 0 heterocycles. The SMILES string of the molecule is CC[C@]1(O)CC[C@@]2(C)[C@@H](CC[C@@H]3[C@@H]2CC[C@]2(C)[C@@H](C(C)C(O)C(C)C)CC[C@@H]32)C1. The number of fused-ring (bicyclic) bond motifs is 5. The summed E-state index contributed by atoms with van der Waals surface area (Å²) in [4.78, 5) is 0. The largest absolute Gasteiger partial charge is 0.393 e. The van der Waals surface area contributed by atoms with E-state index in [-0.39, 0.29) is 11.7 Å². The molecule has 0 aliphatic heterocycles. The summed E-state index contributed by atoms with van der Waals surface area (Å²) in [5.74, 6) is 4.80. The van der Waals surface area contributed by atoms with Gasteiger partial charge in [-0.3, -0.25) is 0 Å². The maximum atomic E-state index is 11.0. The van der Waals surface area contributed by atoms with Crippen LogP contribution in [0.2, 0.25) is 0 Å². The Balaban J connectivity index is 1.54. The zero-order chi connectivity index (χ0) is 21.2. The van der Waals surface area contributed by atoms with Crippen molar-refractivity contribution < 1.29 is 10.2 Å². The van der Waals surface area contributed by atoms with Gasteiger partial charge in [0.2, 0.25) is 0 Å². The van der Waals surface area contributed by atoms with Gasteiger partial charge in [-0.15, -0.1) is 0 Å². The highest BCUT2D eigenvalue weighted by Crippen LogP contribution is 2.69. The van der Waals surface area contributed by atoms with Crippen LogP contribution in [0.3, 0.4) is 0 Å². The predicted molar refractivity (Wildman–Crippen MR) is 120 cm³/mol. The van der Waals surface area contributed by atoms with Gasteiger partial charge in [0, 0.05) is 0 Å². The lowest BCUT2D eigenvalue weighted by atomic mass is 9.43. The molecular formula is C27H48O2. The van der Waals surface area contributed by atoms with Gasteiger partial charge in [-0.2, -0.15) is 0 Å². The molecule has 4 aliphatic carbocycles. The van der Waals surface area contributed by atoms with Crippen LogP contribution in [-0.4, -0.2) is 21.9 Å². The zero-order valence-corrected chi connectivity index (χ0v) is 20.1. The Hall–Kier alpha value is -0.0800. The highest BCUT2D eigenvalue weighted by Gasteiger charge is 2.61. The molecule has 2 nitrogen and oxygen atoms in total. The molecule has 0 amide bonds. The molecule has 29 heavy (non-hydrogen) atoms. The summed E-state index contributed by atoms with van der Waals surface area (Å²) in [5, 5.41) is 21.8. The van der Waals surface area contributed by atoms with Crippen LogP contribution in [0, 0.1) is 52.3 Å². The second-order valence-corrected chi connectivity index (χ2v) is 12.8. The number of aliphatic hydroxyl groups excluding tert-OH is 1. The van der Waals surface area contributed by atoms with Crippen LogP contribution < -0.4 is 0 Å². The molecule has 4 rings (SSSR count). The van der Waals surface area contributed by atoms with Crippen molar-refractivity contribution in [2.75, 3.05) is 0 Å². The van der Waals surface area contributed by atoms with Crippen LogP contribution in [0.4, 0.5) is 0 Å². The molecule has 4 aliphatic rings. The minimum Gasteiger partial charge on any atom is -0.393 e. The molecule has 0 radical (unpaired) electrons. The minimum atomic E-state index is -0.388. The lowest BCUT2D eigenvalue weighted by Crippen LogP contribution is -2.56. The van der Waals surface area contributed by atoms with Gasteiger partial charge in [-0.1, -0.05) is 41.5 Å². The molecule has 10 atom stereocenters. The smallest absolute Gasteiger partial charge is 0.0648 e. The molecule has 0 aromatic heterocycles. The van der Waals surface area contributed by atoms with E-state index in [2.05, 4.69) is 41.5 Å². The average Bonchev–Trinajstić information content (AvgIpc) is 3.04. The number of hydrogen-bond donors (Lipinski definition) is 2. The fourth-order valence-electron chi connectivity index (χ4n) is 9.39. The molecule has 0 saturated heterocycles. The number of aliphatic hydroxyl groups is 2. The summed E-state index contributed by atoms with van der Waals surface area (Å²) < 4.78 is 0. The first kappa shape index (κ1) is 22.1. The van der Waals surface area contributed by atoms with Gasteiger partial charge in [0.05, 0.1) is 11.7 Å². The predicted octanol–water partition coefficient (Wildman–Crippen LogP) is 6.44. The Labute approximate surface area is 180 Å². The lowest BCUT2D eigenvalue weighted by Gasteiger charge is -2.62. The molecular weight excluding hydrogens is 356 g/mol. The van der Waals surface area contributed by atoms with Crippen molar-refractivity contribution in [3.05, 3.63) is 0 Å². The standard InChI is InChI=1S/C27H48O2/c1-7-27(29)15-14-25(5)19(16-27)8-9-20-22-11-10-21(18(4)24(28)17(2)3)26(22,6)13-12-23(20)25/h17-24,28-29H,7-16H2,1-6H3/t18?,19-,20-,21+,22-,23-,24?,25-,26+,27-/m0/s1. The molecule has 0 aromatic carbocycles. The fraction of sp³-hybridized carbons (Fsp3) is 1.00. The average molecular weight is 405 g/mol. The van der Waals surface area contributed by atoms with Crippen LogP contribution >= 0.6 is 0 Å². The molecule has 2 heteroatoms. The van der Waals surface area contributed by atoms with Crippen LogP contribution in [0.25, 0.3) is 0 Å². The second-order valence-electron chi connectivity index (χ2n) is 12.8.